The fraction of sp³-hybridized carbons (Fsp3) is 0.500. The summed E-state index contributed by atoms with van der Waals surface area (Å²) in [5.41, 5.74) is 3.52. The van der Waals surface area contributed by atoms with Gasteiger partial charge < -0.3 is 14.7 Å². The van der Waals surface area contributed by atoms with Crippen LogP contribution >= 0.6 is 11.6 Å². The largest absolute Gasteiger partial charge is 0.507 e. The zero-order chi connectivity index (χ0) is 17.2. The van der Waals surface area contributed by atoms with Crippen LogP contribution < -0.4 is 9.64 Å². The van der Waals surface area contributed by atoms with Crippen LogP contribution in [0, 0.1) is 0 Å². The van der Waals surface area contributed by atoms with Gasteiger partial charge in [-0.2, -0.15) is 0 Å². The van der Waals surface area contributed by atoms with Gasteiger partial charge in [0.25, 0.3) is 0 Å². The maximum absolute atomic E-state index is 10.7. The molecule has 24 heavy (non-hydrogen) atoms. The molecule has 2 aromatic carbocycles. The van der Waals surface area contributed by atoms with Gasteiger partial charge in [0.2, 0.25) is 0 Å². The minimum absolute atomic E-state index is 0.0149. The predicted octanol–water partition coefficient (Wildman–Crippen LogP) is 4.81. The van der Waals surface area contributed by atoms with Gasteiger partial charge in [0, 0.05) is 52.3 Å². The van der Waals surface area contributed by atoms with E-state index in [1.807, 2.05) is 12.1 Å². The fourth-order valence-electron chi connectivity index (χ4n) is 4.14. The third kappa shape index (κ3) is 2.17. The minimum Gasteiger partial charge on any atom is -0.507 e. The average molecular weight is 346 g/mol. The first-order chi connectivity index (χ1) is 11.3. The lowest BCUT2D eigenvalue weighted by Crippen LogP contribution is -2.41. The highest BCUT2D eigenvalue weighted by Gasteiger charge is 2.39. The van der Waals surface area contributed by atoms with Crippen molar-refractivity contribution in [1.82, 2.24) is 0 Å². The normalized spacial score (nSPS) is 20.9. The van der Waals surface area contributed by atoms with E-state index in [0.29, 0.717) is 12.4 Å². The number of aromatic hydroxyl groups is 1. The summed E-state index contributed by atoms with van der Waals surface area (Å²) in [5, 5.41) is 12.6. The smallest absolute Gasteiger partial charge is 0.130 e. The van der Waals surface area contributed by atoms with Crippen LogP contribution in [0.15, 0.2) is 18.2 Å². The topological polar surface area (TPSA) is 32.7 Å². The van der Waals surface area contributed by atoms with Crippen LogP contribution in [0.2, 0.25) is 0 Å². The molecule has 0 radical (unpaired) electrons. The number of benzene rings is 2. The van der Waals surface area contributed by atoms with Crippen LogP contribution in [-0.4, -0.2) is 29.2 Å². The van der Waals surface area contributed by atoms with Crippen molar-refractivity contribution in [1.29, 1.82) is 0 Å². The van der Waals surface area contributed by atoms with Crippen molar-refractivity contribution in [3.63, 3.8) is 0 Å². The molecule has 0 saturated carbocycles. The maximum atomic E-state index is 10.7. The minimum atomic E-state index is -0.0335. The Bertz CT molecular complexity index is 823. The van der Waals surface area contributed by atoms with Gasteiger partial charge in [-0.1, -0.05) is 12.1 Å². The molecule has 0 aromatic heterocycles. The van der Waals surface area contributed by atoms with Crippen LogP contribution in [0.1, 0.15) is 44.7 Å². The van der Waals surface area contributed by atoms with E-state index >= 15 is 0 Å². The Morgan fingerprint density at radius 1 is 1.33 bits per heavy atom. The molecule has 4 heteroatoms. The molecule has 1 N–H and O–H groups in total. The van der Waals surface area contributed by atoms with Crippen LogP contribution in [0.4, 0.5) is 5.69 Å². The van der Waals surface area contributed by atoms with Gasteiger partial charge in [-0.05, 0) is 38.8 Å². The highest BCUT2D eigenvalue weighted by atomic mass is 35.5. The summed E-state index contributed by atoms with van der Waals surface area (Å²) >= 11 is 6.59. The van der Waals surface area contributed by atoms with Crippen molar-refractivity contribution in [2.75, 3.05) is 18.1 Å². The lowest BCUT2D eigenvalue weighted by Gasteiger charge is -2.35. The first-order valence-electron chi connectivity index (χ1n) is 8.65. The first-order valence-corrected chi connectivity index (χ1v) is 9.08. The van der Waals surface area contributed by atoms with Gasteiger partial charge >= 0.3 is 0 Å². The summed E-state index contributed by atoms with van der Waals surface area (Å²) in [7, 11) is 0. The Labute approximate surface area is 148 Å². The van der Waals surface area contributed by atoms with E-state index in [0.717, 1.165) is 35.2 Å². The zero-order valence-corrected chi connectivity index (χ0v) is 15.4. The van der Waals surface area contributed by atoms with E-state index in [1.165, 1.54) is 11.1 Å². The number of phenolic OH excluding ortho intramolecular Hbond substituents is 1. The van der Waals surface area contributed by atoms with E-state index in [-0.39, 0.29) is 16.8 Å². The van der Waals surface area contributed by atoms with Crippen LogP contribution in [-0.2, 0) is 6.42 Å². The van der Waals surface area contributed by atoms with Gasteiger partial charge in [-0.15, -0.1) is 11.6 Å². The Morgan fingerprint density at radius 2 is 2.08 bits per heavy atom. The Morgan fingerprint density at radius 3 is 2.75 bits per heavy atom. The number of hydrogen-bond acceptors (Lipinski definition) is 3. The molecule has 2 aliphatic heterocycles. The monoisotopic (exact) mass is 345 g/mol. The van der Waals surface area contributed by atoms with Crippen molar-refractivity contribution < 1.29 is 9.84 Å². The van der Waals surface area contributed by atoms with Gasteiger partial charge in [0.15, 0.2) is 0 Å². The summed E-state index contributed by atoms with van der Waals surface area (Å²) in [5.74, 6) is 1.48. The van der Waals surface area contributed by atoms with Gasteiger partial charge in [-0.25, -0.2) is 0 Å². The second-order valence-corrected chi connectivity index (χ2v) is 8.66. The molecule has 0 amide bonds. The average Bonchev–Trinajstić information content (AvgIpc) is 3.09. The Kier molecular flexibility index (Phi) is 3.44. The highest BCUT2D eigenvalue weighted by molar-refractivity contribution is 6.21. The lowest BCUT2D eigenvalue weighted by molar-refractivity contribution is 0.360. The molecule has 0 fully saturated rings. The van der Waals surface area contributed by atoms with Crippen molar-refractivity contribution in [3.8, 4) is 11.5 Å². The summed E-state index contributed by atoms with van der Waals surface area (Å²) in [6.07, 6.45) is 0.930. The summed E-state index contributed by atoms with van der Waals surface area (Å²) in [6, 6.07) is 6.00. The predicted molar refractivity (Wildman–Crippen MR) is 100.0 cm³/mol. The number of hydrogen-bond donors (Lipinski definition) is 1. The number of nitrogens with zero attached hydrogens (tertiary/aromatic N) is 1. The molecule has 2 heterocycles. The number of halogens is 1. The van der Waals surface area contributed by atoms with Crippen LogP contribution in [0.5, 0.6) is 11.5 Å². The first kappa shape index (κ1) is 15.9. The van der Waals surface area contributed by atoms with Crippen molar-refractivity contribution >= 4 is 28.1 Å². The fourth-order valence-corrected chi connectivity index (χ4v) is 4.35. The van der Waals surface area contributed by atoms with Crippen LogP contribution in [0.25, 0.3) is 10.8 Å². The number of anilines is 1. The van der Waals surface area contributed by atoms with Crippen LogP contribution in [0.3, 0.4) is 0 Å². The molecular weight excluding hydrogens is 322 g/mol. The molecule has 4 rings (SSSR count). The molecule has 0 spiro atoms. The number of alkyl halides is 1. The van der Waals surface area contributed by atoms with E-state index < -0.39 is 0 Å². The molecule has 0 saturated heterocycles. The third-order valence-electron chi connectivity index (χ3n) is 5.36. The van der Waals surface area contributed by atoms with Crippen molar-refractivity contribution in [3.05, 3.63) is 29.3 Å². The molecular formula is C20H24ClNO2. The van der Waals surface area contributed by atoms with Gasteiger partial charge in [0.05, 0.1) is 6.61 Å². The molecule has 2 atom stereocenters. The lowest BCUT2D eigenvalue weighted by atomic mass is 9.90. The molecule has 3 nitrogen and oxygen atoms in total. The van der Waals surface area contributed by atoms with E-state index in [4.69, 9.17) is 16.3 Å². The molecule has 0 aliphatic carbocycles. The number of ether oxygens (including phenoxy) is 1. The summed E-state index contributed by atoms with van der Waals surface area (Å²) in [6.45, 7) is 10.2. The van der Waals surface area contributed by atoms with E-state index in [2.05, 4.69) is 38.7 Å². The highest BCUT2D eigenvalue weighted by Crippen LogP contribution is 2.52. The number of phenols is 1. The Balaban J connectivity index is 2.09. The molecule has 0 bridgehead atoms. The third-order valence-corrected chi connectivity index (χ3v) is 5.66. The summed E-state index contributed by atoms with van der Waals surface area (Å²) in [4.78, 5) is 2.36. The molecule has 2 aliphatic rings. The Hall–Kier alpha value is -1.61. The van der Waals surface area contributed by atoms with E-state index in [9.17, 15) is 5.11 Å². The molecule has 2 unspecified atom stereocenters. The SMILES string of the molecule is CC(Cl)C1CN(C(C)(C)C)c2cc(O)c3ccc4c(c3c21)OCC4. The zero-order valence-electron chi connectivity index (χ0n) is 14.7. The second-order valence-electron chi connectivity index (χ2n) is 7.97. The molecule has 2 aromatic rings. The van der Waals surface area contributed by atoms with E-state index in [1.54, 1.807) is 0 Å². The number of fused-ring (bicyclic) bond motifs is 5. The van der Waals surface area contributed by atoms with Gasteiger partial charge in [-0.3, -0.25) is 0 Å². The quantitative estimate of drug-likeness (QED) is 0.753. The van der Waals surface area contributed by atoms with Gasteiger partial charge in [0.1, 0.15) is 11.5 Å². The van der Waals surface area contributed by atoms with Crippen molar-refractivity contribution in [2.24, 2.45) is 0 Å². The standard InChI is InChI=1S/C20H24ClNO2/c1-11(21)14-10-22(20(2,3)4)15-9-16(23)13-6-5-12-7-8-24-19(12)18(13)17(14)15/h5-6,9,11,14,23H,7-8,10H2,1-4H3. The number of rotatable bonds is 1. The maximum Gasteiger partial charge on any atom is 0.130 e. The summed E-state index contributed by atoms with van der Waals surface area (Å²) < 4.78 is 5.97. The second kappa shape index (κ2) is 5.19. The molecule has 128 valence electrons. The van der Waals surface area contributed by atoms with Crippen molar-refractivity contribution in [2.45, 2.75) is 50.9 Å².